The molecule has 0 atom stereocenters. The Balaban J connectivity index is 2.94. The largest absolute Gasteiger partial charge is 0.493 e. The third kappa shape index (κ3) is 5.33. The van der Waals surface area contributed by atoms with Crippen molar-refractivity contribution in [2.45, 2.75) is 33.3 Å². The van der Waals surface area contributed by atoms with E-state index in [0.717, 1.165) is 0 Å². The van der Waals surface area contributed by atoms with Gasteiger partial charge in [0.25, 0.3) is 0 Å². The highest BCUT2D eigenvalue weighted by atomic mass is 16.6. The Morgan fingerprint density at radius 3 is 2.43 bits per heavy atom. The number of carbonyl (C=O) groups is 2. The van der Waals surface area contributed by atoms with Crippen LogP contribution in [0.1, 0.15) is 38.1 Å². The highest BCUT2D eigenvalue weighted by molar-refractivity contribution is 5.95. The topological polar surface area (TPSA) is 73.9 Å². The highest BCUT2D eigenvalue weighted by Crippen LogP contribution is 2.24. The lowest BCUT2D eigenvalue weighted by Crippen LogP contribution is -2.27. The fraction of sp³-hybridized carbons (Fsp3) is 0.467. The second-order valence-electron chi connectivity index (χ2n) is 5.26. The Labute approximate surface area is 124 Å². The number of amides is 1. The van der Waals surface area contributed by atoms with Crippen LogP contribution in [0.4, 0.5) is 10.5 Å². The number of ether oxygens (including phenoxy) is 3. The van der Waals surface area contributed by atoms with E-state index >= 15 is 0 Å². The van der Waals surface area contributed by atoms with E-state index in [0.29, 0.717) is 18.0 Å². The monoisotopic (exact) mass is 295 g/mol. The molecule has 0 saturated carbocycles. The molecule has 21 heavy (non-hydrogen) atoms. The van der Waals surface area contributed by atoms with Crippen molar-refractivity contribution in [1.82, 2.24) is 0 Å². The number of carbonyl (C=O) groups excluding carboxylic acids is 2. The zero-order valence-corrected chi connectivity index (χ0v) is 13.0. The van der Waals surface area contributed by atoms with Crippen molar-refractivity contribution >= 4 is 17.7 Å². The van der Waals surface area contributed by atoms with Crippen LogP contribution >= 0.6 is 0 Å². The van der Waals surface area contributed by atoms with Crippen molar-refractivity contribution in [3.63, 3.8) is 0 Å². The van der Waals surface area contributed by atoms with Crippen LogP contribution in [0.25, 0.3) is 0 Å². The molecule has 0 aromatic heterocycles. The minimum atomic E-state index is -0.597. The second kappa shape index (κ2) is 6.97. The quantitative estimate of drug-likeness (QED) is 0.863. The van der Waals surface area contributed by atoms with E-state index in [-0.39, 0.29) is 5.56 Å². The zero-order valence-electron chi connectivity index (χ0n) is 13.0. The molecule has 0 spiro atoms. The van der Waals surface area contributed by atoms with Gasteiger partial charge in [0.15, 0.2) is 0 Å². The molecule has 1 N–H and O–H groups in total. The summed E-state index contributed by atoms with van der Waals surface area (Å²) in [5.41, 5.74) is 0.0709. The first-order valence-corrected chi connectivity index (χ1v) is 6.62. The number of methoxy groups -OCH3 is 1. The van der Waals surface area contributed by atoms with Crippen LogP contribution in [0.3, 0.4) is 0 Å². The van der Waals surface area contributed by atoms with Gasteiger partial charge in [0.2, 0.25) is 0 Å². The summed E-state index contributed by atoms with van der Waals surface area (Å²) in [5.74, 6) is -0.134. The molecule has 6 nitrogen and oxygen atoms in total. The van der Waals surface area contributed by atoms with Crippen molar-refractivity contribution in [3.05, 3.63) is 23.8 Å². The molecule has 1 rings (SSSR count). The second-order valence-corrected chi connectivity index (χ2v) is 5.26. The van der Waals surface area contributed by atoms with E-state index in [9.17, 15) is 9.59 Å². The minimum Gasteiger partial charge on any atom is -0.493 e. The summed E-state index contributed by atoms with van der Waals surface area (Å²) in [6, 6.07) is 4.71. The van der Waals surface area contributed by atoms with Gasteiger partial charge in [-0.3, -0.25) is 5.32 Å². The van der Waals surface area contributed by atoms with E-state index in [4.69, 9.17) is 14.2 Å². The van der Waals surface area contributed by atoms with Gasteiger partial charge in [0, 0.05) is 5.69 Å². The molecule has 0 fully saturated rings. The van der Waals surface area contributed by atoms with Gasteiger partial charge in [-0.15, -0.1) is 0 Å². The third-order valence-corrected chi connectivity index (χ3v) is 2.33. The number of rotatable bonds is 4. The van der Waals surface area contributed by atoms with Crippen LogP contribution in [-0.4, -0.2) is 31.4 Å². The molecule has 1 amide bonds. The first-order chi connectivity index (χ1) is 9.76. The van der Waals surface area contributed by atoms with Crippen LogP contribution in [0, 0.1) is 0 Å². The molecule has 1 aromatic carbocycles. The molecular formula is C15H21NO5. The molecule has 116 valence electrons. The minimum absolute atomic E-state index is 0.243. The van der Waals surface area contributed by atoms with Crippen LogP contribution in [0.5, 0.6) is 5.75 Å². The molecule has 0 aliphatic rings. The molecule has 0 bridgehead atoms. The van der Waals surface area contributed by atoms with Gasteiger partial charge in [0.05, 0.1) is 13.7 Å². The van der Waals surface area contributed by atoms with Gasteiger partial charge >= 0.3 is 12.1 Å². The summed E-state index contributed by atoms with van der Waals surface area (Å²) in [6.45, 7) is 7.54. The molecule has 0 unspecified atom stereocenters. The number of esters is 1. The predicted octanol–water partition coefficient (Wildman–Crippen LogP) is 3.22. The lowest BCUT2D eigenvalue weighted by atomic mass is 10.1. The fourth-order valence-corrected chi connectivity index (χ4v) is 1.58. The number of benzene rings is 1. The lowest BCUT2D eigenvalue weighted by molar-refractivity contribution is 0.0592. The van der Waals surface area contributed by atoms with Gasteiger partial charge in [-0.1, -0.05) is 0 Å². The summed E-state index contributed by atoms with van der Waals surface area (Å²) in [4.78, 5) is 23.4. The number of hydrogen-bond acceptors (Lipinski definition) is 5. The normalized spacial score (nSPS) is 10.7. The predicted molar refractivity (Wildman–Crippen MR) is 78.8 cm³/mol. The van der Waals surface area contributed by atoms with Gasteiger partial charge in [-0.2, -0.15) is 0 Å². The van der Waals surface area contributed by atoms with Crippen LogP contribution < -0.4 is 10.1 Å². The lowest BCUT2D eigenvalue weighted by Gasteiger charge is -2.20. The molecule has 0 saturated heterocycles. The average molecular weight is 295 g/mol. The molecule has 0 aliphatic heterocycles. The Morgan fingerprint density at radius 1 is 1.24 bits per heavy atom. The summed E-state index contributed by atoms with van der Waals surface area (Å²) in [6.07, 6.45) is -0.595. The van der Waals surface area contributed by atoms with Crippen LogP contribution in [0.15, 0.2) is 18.2 Å². The maximum Gasteiger partial charge on any atom is 0.412 e. The fourth-order valence-electron chi connectivity index (χ4n) is 1.58. The van der Waals surface area contributed by atoms with Crippen molar-refractivity contribution in [3.8, 4) is 5.75 Å². The van der Waals surface area contributed by atoms with Crippen molar-refractivity contribution in [2.24, 2.45) is 0 Å². The van der Waals surface area contributed by atoms with E-state index in [1.165, 1.54) is 13.2 Å². The maximum atomic E-state index is 11.7. The van der Waals surface area contributed by atoms with Crippen LogP contribution in [0.2, 0.25) is 0 Å². The van der Waals surface area contributed by atoms with Crippen LogP contribution in [-0.2, 0) is 9.47 Å². The Kier molecular flexibility index (Phi) is 5.58. The first-order valence-electron chi connectivity index (χ1n) is 6.62. The van der Waals surface area contributed by atoms with Gasteiger partial charge in [0.1, 0.15) is 16.9 Å². The average Bonchev–Trinajstić information content (AvgIpc) is 2.37. The summed E-state index contributed by atoms with van der Waals surface area (Å²) < 4.78 is 15.2. The Bertz CT molecular complexity index is 519. The number of nitrogens with one attached hydrogen (secondary N) is 1. The van der Waals surface area contributed by atoms with E-state index in [1.807, 2.05) is 6.92 Å². The van der Waals surface area contributed by atoms with E-state index < -0.39 is 17.7 Å². The first kappa shape index (κ1) is 16.8. The zero-order chi connectivity index (χ0) is 16.0. The van der Waals surface area contributed by atoms with Gasteiger partial charge in [-0.25, -0.2) is 9.59 Å². The van der Waals surface area contributed by atoms with Crippen molar-refractivity contribution in [2.75, 3.05) is 19.0 Å². The standard InChI is InChI=1S/C15H21NO5/c1-6-20-12-8-7-10(9-11(12)13(17)19-5)16-14(18)21-15(2,3)4/h7-9H,6H2,1-5H3,(H,16,18). The summed E-state index contributed by atoms with van der Waals surface area (Å²) in [5, 5.41) is 2.56. The molecule has 6 heteroatoms. The number of anilines is 1. The summed E-state index contributed by atoms with van der Waals surface area (Å²) >= 11 is 0. The van der Waals surface area contributed by atoms with E-state index in [1.54, 1.807) is 32.9 Å². The molecule has 0 radical (unpaired) electrons. The molecule has 0 heterocycles. The highest BCUT2D eigenvalue weighted by Gasteiger charge is 2.18. The molecular weight excluding hydrogens is 274 g/mol. The van der Waals surface area contributed by atoms with Gasteiger partial charge in [-0.05, 0) is 45.9 Å². The Hall–Kier alpha value is -2.24. The molecule has 1 aromatic rings. The number of hydrogen-bond donors (Lipinski definition) is 1. The summed E-state index contributed by atoms with van der Waals surface area (Å²) in [7, 11) is 1.28. The SMILES string of the molecule is CCOc1ccc(NC(=O)OC(C)(C)C)cc1C(=O)OC. The van der Waals surface area contributed by atoms with E-state index in [2.05, 4.69) is 5.32 Å². The van der Waals surface area contributed by atoms with Crippen molar-refractivity contribution < 1.29 is 23.8 Å². The third-order valence-electron chi connectivity index (χ3n) is 2.33. The Morgan fingerprint density at radius 2 is 1.90 bits per heavy atom. The molecule has 0 aliphatic carbocycles. The van der Waals surface area contributed by atoms with Crippen molar-refractivity contribution in [1.29, 1.82) is 0 Å². The van der Waals surface area contributed by atoms with Gasteiger partial charge < -0.3 is 14.2 Å². The maximum absolute atomic E-state index is 11.7. The smallest absolute Gasteiger partial charge is 0.412 e.